The van der Waals surface area contributed by atoms with Crippen molar-refractivity contribution in [1.82, 2.24) is 4.90 Å². The third kappa shape index (κ3) is 3.24. The maximum absolute atomic E-state index is 13.6. The van der Waals surface area contributed by atoms with Crippen molar-refractivity contribution in [2.75, 3.05) is 11.5 Å². The zero-order valence-electron chi connectivity index (χ0n) is 18.0. The van der Waals surface area contributed by atoms with Crippen LogP contribution in [-0.2, 0) is 20.9 Å². The van der Waals surface area contributed by atoms with Crippen molar-refractivity contribution in [3.05, 3.63) is 59.7 Å². The number of amides is 2. The Labute approximate surface area is 181 Å². The molecule has 7 nitrogen and oxygen atoms in total. The minimum absolute atomic E-state index is 0.0133. The van der Waals surface area contributed by atoms with Crippen molar-refractivity contribution in [3.8, 4) is 5.75 Å². The summed E-state index contributed by atoms with van der Waals surface area (Å²) < 4.78 is 11.4. The van der Waals surface area contributed by atoms with Gasteiger partial charge in [-0.3, -0.25) is 14.5 Å². The molecule has 0 radical (unpaired) electrons. The number of fused-ring (bicyclic) bond motifs is 3. The third-order valence-corrected chi connectivity index (χ3v) is 5.77. The SMILES string of the molecule is CCOc1ccccc1COC(=O)[C@]12CCC(=O)N1c1ccccc1C(=O)N2C(C)C. The van der Waals surface area contributed by atoms with E-state index >= 15 is 0 Å². The molecule has 162 valence electrons. The van der Waals surface area contributed by atoms with Crippen LogP contribution in [0.25, 0.3) is 0 Å². The molecule has 2 amide bonds. The monoisotopic (exact) mass is 422 g/mol. The summed E-state index contributed by atoms with van der Waals surface area (Å²) in [6.45, 7) is 6.04. The Morgan fingerprint density at radius 1 is 1.10 bits per heavy atom. The molecule has 0 N–H and O–H groups in total. The van der Waals surface area contributed by atoms with Gasteiger partial charge in [-0.05, 0) is 39.0 Å². The number of esters is 1. The van der Waals surface area contributed by atoms with Crippen LogP contribution in [0.3, 0.4) is 0 Å². The van der Waals surface area contributed by atoms with Gasteiger partial charge in [0.1, 0.15) is 12.4 Å². The Bertz CT molecular complexity index is 1030. The lowest BCUT2D eigenvalue weighted by Crippen LogP contribution is -2.70. The van der Waals surface area contributed by atoms with Crippen LogP contribution in [0.1, 0.15) is 49.5 Å². The quantitative estimate of drug-likeness (QED) is 0.666. The van der Waals surface area contributed by atoms with Gasteiger partial charge in [0.25, 0.3) is 5.91 Å². The first-order chi connectivity index (χ1) is 14.9. The van der Waals surface area contributed by atoms with Gasteiger partial charge in [0.2, 0.25) is 11.6 Å². The van der Waals surface area contributed by atoms with Crippen LogP contribution in [0.5, 0.6) is 5.75 Å². The summed E-state index contributed by atoms with van der Waals surface area (Å²) in [6, 6.07) is 13.9. The summed E-state index contributed by atoms with van der Waals surface area (Å²) in [5.41, 5.74) is 0.107. The molecular weight excluding hydrogens is 396 g/mol. The summed E-state index contributed by atoms with van der Waals surface area (Å²) in [5.74, 6) is -0.442. The Hall–Kier alpha value is -3.35. The number of benzene rings is 2. The minimum Gasteiger partial charge on any atom is -0.493 e. The van der Waals surface area contributed by atoms with Crippen LogP contribution >= 0.6 is 0 Å². The minimum atomic E-state index is -1.49. The van der Waals surface area contributed by atoms with Crippen LogP contribution in [0, 0.1) is 0 Å². The molecule has 0 unspecified atom stereocenters. The van der Waals surface area contributed by atoms with E-state index in [1.807, 2.05) is 45.0 Å². The lowest BCUT2D eigenvalue weighted by Gasteiger charge is -2.50. The molecule has 4 rings (SSSR count). The number of anilines is 1. The van der Waals surface area contributed by atoms with E-state index in [1.165, 1.54) is 9.80 Å². The molecule has 7 heteroatoms. The van der Waals surface area contributed by atoms with Crippen molar-refractivity contribution in [2.45, 2.75) is 51.9 Å². The topological polar surface area (TPSA) is 76.1 Å². The number of hydrogen-bond acceptors (Lipinski definition) is 5. The largest absolute Gasteiger partial charge is 0.493 e. The fourth-order valence-corrected chi connectivity index (χ4v) is 4.55. The predicted octanol–water partition coefficient (Wildman–Crippen LogP) is 3.52. The van der Waals surface area contributed by atoms with E-state index in [0.29, 0.717) is 23.6 Å². The zero-order valence-corrected chi connectivity index (χ0v) is 18.0. The van der Waals surface area contributed by atoms with Crippen molar-refractivity contribution < 1.29 is 23.9 Å². The number of para-hydroxylation sites is 2. The Morgan fingerprint density at radius 3 is 2.55 bits per heavy atom. The first-order valence-electron chi connectivity index (χ1n) is 10.6. The van der Waals surface area contributed by atoms with E-state index in [-0.39, 0.29) is 37.3 Å². The van der Waals surface area contributed by atoms with E-state index in [1.54, 1.807) is 24.3 Å². The smallest absolute Gasteiger partial charge is 0.354 e. The number of nitrogens with zero attached hydrogens (tertiary/aromatic N) is 2. The molecule has 31 heavy (non-hydrogen) atoms. The van der Waals surface area contributed by atoms with E-state index in [0.717, 1.165) is 5.56 Å². The first kappa shape index (κ1) is 20.9. The fourth-order valence-electron chi connectivity index (χ4n) is 4.55. The van der Waals surface area contributed by atoms with Crippen molar-refractivity contribution in [2.24, 2.45) is 0 Å². The Kier molecular flexibility index (Phi) is 5.43. The number of ether oxygens (including phenoxy) is 2. The van der Waals surface area contributed by atoms with Crippen molar-refractivity contribution >= 4 is 23.5 Å². The second-order valence-corrected chi connectivity index (χ2v) is 7.95. The van der Waals surface area contributed by atoms with Gasteiger partial charge in [-0.2, -0.15) is 0 Å². The van der Waals surface area contributed by atoms with Crippen LogP contribution in [0.15, 0.2) is 48.5 Å². The average molecular weight is 422 g/mol. The second-order valence-electron chi connectivity index (χ2n) is 7.95. The number of carbonyl (C=O) groups is 3. The highest BCUT2D eigenvalue weighted by Crippen LogP contribution is 2.46. The van der Waals surface area contributed by atoms with Crippen molar-refractivity contribution in [3.63, 3.8) is 0 Å². The molecule has 2 heterocycles. The Morgan fingerprint density at radius 2 is 1.81 bits per heavy atom. The molecule has 2 aromatic carbocycles. The first-order valence-corrected chi connectivity index (χ1v) is 10.6. The van der Waals surface area contributed by atoms with Gasteiger partial charge in [0.05, 0.1) is 17.9 Å². The summed E-state index contributed by atoms with van der Waals surface area (Å²) in [6.07, 6.45) is 0.353. The van der Waals surface area contributed by atoms with Crippen LogP contribution in [-0.4, -0.2) is 41.0 Å². The normalized spacial score (nSPS) is 20.0. The molecule has 0 bridgehead atoms. The standard InChI is InChI=1S/C24H26N2O5/c1-4-30-20-12-8-5-9-17(20)15-31-23(29)24-14-13-21(27)26(24)19-11-7-6-10-18(19)22(28)25(24)16(2)3/h5-12,16H,4,13-15H2,1-3H3/t24-/m0/s1. The van der Waals surface area contributed by atoms with Gasteiger partial charge in [-0.25, -0.2) is 4.79 Å². The van der Waals surface area contributed by atoms with Gasteiger partial charge in [-0.1, -0.05) is 30.3 Å². The van der Waals surface area contributed by atoms with Crippen molar-refractivity contribution in [1.29, 1.82) is 0 Å². The molecule has 0 aliphatic carbocycles. The Balaban J connectivity index is 1.73. The second kappa shape index (κ2) is 8.06. The molecule has 2 aliphatic rings. The van der Waals surface area contributed by atoms with Gasteiger partial charge < -0.3 is 14.4 Å². The highest BCUT2D eigenvalue weighted by Gasteiger charge is 2.62. The molecular formula is C24H26N2O5. The molecule has 0 saturated carbocycles. The summed E-state index contributed by atoms with van der Waals surface area (Å²) in [7, 11) is 0. The third-order valence-electron chi connectivity index (χ3n) is 5.77. The molecule has 2 aliphatic heterocycles. The number of carbonyl (C=O) groups excluding carboxylic acids is 3. The maximum atomic E-state index is 13.6. The lowest BCUT2D eigenvalue weighted by molar-refractivity contribution is -0.159. The average Bonchev–Trinajstić information content (AvgIpc) is 3.11. The van der Waals surface area contributed by atoms with E-state index in [4.69, 9.17) is 9.47 Å². The van der Waals surface area contributed by atoms with E-state index < -0.39 is 11.6 Å². The number of hydrogen-bond donors (Lipinski definition) is 0. The molecule has 2 aromatic rings. The number of rotatable bonds is 6. The van der Waals surface area contributed by atoms with Crippen LogP contribution in [0.2, 0.25) is 0 Å². The van der Waals surface area contributed by atoms with E-state index in [2.05, 4.69) is 0 Å². The molecule has 1 atom stereocenters. The molecule has 0 spiro atoms. The highest BCUT2D eigenvalue weighted by molar-refractivity contribution is 6.15. The van der Waals surface area contributed by atoms with Gasteiger partial charge in [0, 0.05) is 24.4 Å². The van der Waals surface area contributed by atoms with Crippen LogP contribution in [0.4, 0.5) is 5.69 Å². The van der Waals surface area contributed by atoms with E-state index in [9.17, 15) is 14.4 Å². The summed E-state index contributed by atoms with van der Waals surface area (Å²) in [4.78, 5) is 42.9. The van der Waals surface area contributed by atoms with Gasteiger partial charge in [-0.15, -0.1) is 0 Å². The molecule has 1 saturated heterocycles. The zero-order chi connectivity index (χ0) is 22.2. The maximum Gasteiger partial charge on any atom is 0.354 e. The van der Waals surface area contributed by atoms with Gasteiger partial charge >= 0.3 is 5.97 Å². The summed E-state index contributed by atoms with van der Waals surface area (Å²) >= 11 is 0. The predicted molar refractivity (Wildman–Crippen MR) is 115 cm³/mol. The fraction of sp³-hybridized carbons (Fsp3) is 0.375. The highest BCUT2D eigenvalue weighted by atomic mass is 16.5. The molecule has 0 aromatic heterocycles. The molecule has 1 fully saturated rings. The summed E-state index contributed by atoms with van der Waals surface area (Å²) in [5, 5.41) is 0. The van der Waals surface area contributed by atoms with Crippen LogP contribution < -0.4 is 9.64 Å². The van der Waals surface area contributed by atoms with Gasteiger partial charge in [0.15, 0.2) is 0 Å². The lowest BCUT2D eigenvalue weighted by atomic mass is 9.95.